The molecule has 6 N–H and O–H groups in total. The number of aryl methyl sites for hydroxylation is 1. The molecule has 0 aliphatic heterocycles. The Balaban J connectivity index is 1.47. The molecule has 1 unspecified atom stereocenters. The van der Waals surface area contributed by atoms with Gasteiger partial charge in [-0.25, -0.2) is 25.2 Å². The number of pyridine rings is 1. The maximum absolute atomic E-state index is 14.9. The summed E-state index contributed by atoms with van der Waals surface area (Å²) in [6.07, 6.45) is 5.88. The first-order chi connectivity index (χ1) is 17.5. The Bertz CT molecular complexity index is 1530. The number of nitrogen functional groups attached to an aromatic ring is 2. The van der Waals surface area contributed by atoms with Crippen molar-refractivity contribution in [1.82, 2.24) is 19.5 Å². The van der Waals surface area contributed by atoms with Gasteiger partial charge in [0.05, 0.1) is 22.5 Å². The van der Waals surface area contributed by atoms with E-state index in [9.17, 15) is 9.50 Å². The number of halogens is 1. The summed E-state index contributed by atoms with van der Waals surface area (Å²) in [7, 11) is 0. The summed E-state index contributed by atoms with van der Waals surface area (Å²) in [6.45, 7) is 6.97. The van der Waals surface area contributed by atoms with Crippen molar-refractivity contribution < 1.29 is 19.0 Å². The van der Waals surface area contributed by atoms with E-state index in [1.54, 1.807) is 32.9 Å². The normalized spacial score (nSPS) is 20.0. The Morgan fingerprint density at radius 1 is 1.27 bits per heavy atom. The Labute approximate surface area is 213 Å². The van der Waals surface area contributed by atoms with Crippen LogP contribution in [0, 0.1) is 12.7 Å². The molecular weight excluding hydrogens is 477 g/mol. The summed E-state index contributed by atoms with van der Waals surface area (Å²) in [5.74, 6) is 4.87. The molecule has 1 aromatic carbocycles. The Morgan fingerprint density at radius 2 is 2.05 bits per heavy atom. The highest BCUT2D eigenvalue weighted by molar-refractivity contribution is 5.86. The zero-order chi connectivity index (χ0) is 26.5. The summed E-state index contributed by atoms with van der Waals surface area (Å²) >= 11 is 0. The maximum Gasteiger partial charge on any atom is 0.160 e. The number of hydrogen-bond acceptors (Lipinski definition) is 9. The maximum atomic E-state index is 14.9. The van der Waals surface area contributed by atoms with Crippen molar-refractivity contribution in [2.75, 3.05) is 17.8 Å². The van der Waals surface area contributed by atoms with E-state index in [-0.39, 0.29) is 12.6 Å². The van der Waals surface area contributed by atoms with Crippen LogP contribution < -0.4 is 21.7 Å². The van der Waals surface area contributed by atoms with Gasteiger partial charge in [0.25, 0.3) is 0 Å². The lowest BCUT2D eigenvalue weighted by Gasteiger charge is -2.35. The number of ether oxygens (including phenoxy) is 2. The number of aliphatic hydroxyl groups is 1. The van der Waals surface area contributed by atoms with E-state index < -0.39 is 17.2 Å². The molecule has 5 rings (SSSR count). The van der Waals surface area contributed by atoms with Crippen molar-refractivity contribution in [1.29, 1.82) is 0 Å². The standard InChI is InChI=1S/C26H30FN7O3/c1-14-7-19-20(27)9-17(10-21(19)32-23(14)33-29)36-12-15-8-16(11-26(15,4)37-25(2,3)35)34-6-5-18-22(28)30-13-31-24(18)34/h5-10,13,16,35H,11-12,29H2,1-4H3,(H,32,33)(H2,28,30,31)/t16?,26-/m0/s1. The fourth-order valence-corrected chi connectivity index (χ4v) is 4.99. The predicted molar refractivity (Wildman–Crippen MR) is 139 cm³/mol. The molecule has 194 valence electrons. The molecule has 11 heteroatoms. The number of rotatable bonds is 7. The van der Waals surface area contributed by atoms with E-state index in [4.69, 9.17) is 21.1 Å². The number of benzene rings is 1. The van der Waals surface area contributed by atoms with E-state index >= 15 is 0 Å². The minimum absolute atomic E-state index is 0.109. The zero-order valence-electron chi connectivity index (χ0n) is 21.1. The Hall–Kier alpha value is -3.80. The summed E-state index contributed by atoms with van der Waals surface area (Å²) < 4.78 is 29.1. The number of nitrogens with one attached hydrogen (secondary N) is 1. The third kappa shape index (κ3) is 4.68. The molecule has 0 bridgehead atoms. The lowest BCUT2D eigenvalue weighted by Crippen LogP contribution is -2.40. The number of fused-ring (bicyclic) bond motifs is 2. The first-order valence-corrected chi connectivity index (χ1v) is 11.9. The summed E-state index contributed by atoms with van der Waals surface area (Å²) in [4.78, 5) is 12.9. The first-order valence-electron chi connectivity index (χ1n) is 11.9. The minimum Gasteiger partial charge on any atom is -0.489 e. The molecular formula is C26H30FN7O3. The van der Waals surface area contributed by atoms with Crippen molar-refractivity contribution in [2.24, 2.45) is 5.84 Å². The van der Waals surface area contributed by atoms with E-state index in [0.717, 1.165) is 16.5 Å². The van der Waals surface area contributed by atoms with E-state index in [2.05, 4.69) is 20.4 Å². The van der Waals surface area contributed by atoms with Crippen LogP contribution in [0.4, 0.5) is 16.0 Å². The fraction of sp³-hybridized carbons (Fsp3) is 0.346. The van der Waals surface area contributed by atoms with Gasteiger partial charge in [0.15, 0.2) is 5.79 Å². The second kappa shape index (κ2) is 8.94. The van der Waals surface area contributed by atoms with Crippen molar-refractivity contribution in [3.63, 3.8) is 0 Å². The van der Waals surface area contributed by atoms with Gasteiger partial charge in [-0.1, -0.05) is 6.08 Å². The van der Waals surface area contributed by atoms with Gasteiger partial charge in [-0.2, -0.15) is 0 Å². The number of aromatic nitrogens is 4. The molecule has 0 spiro atoms. The third-order valence-electron chi connectivity index (χ3n) is 6.62. The molecule has 3 aromatic heterocycles. The van der Waals surface area contributed by atoms with Crippen LogP contribution in [0.1, 0.15) is 38.8 Å². The molecule has 10 nitrogen and oxygen atoms in total. The number of allylic oxidation sites excluding steroid dienone is 1. The molecule has 1 aliphatic rings. The SMILES string of the molecule is Cc1cc2c(F)cc(OCC3=CC(n4ccc5c(N)ncnc54)C[C@]3(C)OC(C)(C)O)cc2nc1NN. The second-order valence-corrected chi connectivity index (χ2v) is 10.0. The fourth-order valence-electron chi connectivity index (χ4n) is 4.99. The molecule has 1 aliphatic carbocycles. The largest absolute Gasteiger partial charge is 0.489 e. The molecule has 3 heterocycles. The molecule has 2 atom stereocenters. The highest BCUT2D eigenvalue weighted by Crippen LogP contribution is 2.43. The van der Waals surface area contributed by atoms with Crippen LogP contribution in [-0.2, 0) is 4.74 Å². The first kappa shape index (κ1) is 24.9. The number of nitrogens with zero attached hydrogens (tertiary/aromatic N) is 4. The number of anilines is 2. The highest BCUT2D eigenvalue weighted by atomic mass is 19.1. The molecule has 0 saturated carbocycles. The Kier molecular flexibility index (Phi) is 6.01. The molecule has 0 radical (unpaired) electrons. The molecule has 0 fully saturated rings. The van der Waals surface area contributed by atoms with Gasteiger partial charge >= 0.3 is 0 Å². The van der Waals surface area contributed by atoms with Gasteiger partial charge in [0, 0.05) is 30.1 Å². The van der Waals surface area contributed by atoms with Gasteiger partial charge in [-0.15, -0.1) is 0 Å². The van der Waals surface area contributed by atoms with Crippen molar-refractivity contribution in [3.05, 3.63) is 59.8 Å². The minimum atomic E-state index is -1.39. The van der Waals surface area contributed by atoms with Crippen molar-refractivity contribution in [3.8, 4) is 5.75 Å². The molecule has 0 amide bonds. The van der Waals surface area contributed by atoms with Crippen molar-refractivity contribution >= 4 is 33.6 Å². The number of nitrogens with two attached hydrogens (primary N) is 2. The second-order valence-electron chi connectivity index (χ2n) is 10.0. The Morgan fingerprint density at radius 3 is 2.78 bits per heavy atom. The van der Waals surface area contributed by atoms with E-state index in [0.29, 0.717) is 40.4 Å². The third-order valence-corrected chi connectivity index (χ3v) is 6.62. The van der Waals surface area contributed by atoms with Crippen LogP contribution in [0.5, 0.6) is 5.75 Å². The summed E-state index contributed by atoms with van der Waals surface area (Å²) in [5.41, 5.74) is 10.3. The number of hydrogen-bond donors (Lipinski definition) is 4. The van der Waals surface area contributed by atoms with Gasteiger partial charge in [-0.3, -0.25) is 0 Å². The topological polar surface area (TPSA) is 146 Å². The smallest absolute Gasteiger partial charge is 0.160 e. The number of hydrazine groups is 1. The van der Waals surface area contributed by atoms with Gasteiger partial charge in [0.1, 0.15) is 41.8 Å². The lowest BCUT2D eigenvalue weighted by atomic mass is 9.97. The summed E-state index contributed by atoms with van der Waals surface area (Å²) in [5, 5.41) is 11.6. The quantitative estimate of drug-likeness (QED) is 0.127. The zero-order valence-corrected chi connectivity index (χ0v) is 21.1. The van der Waals surface area contributed by atoms with E-state index in [1.165, 1.54) is 12.4 Å². The van der Waals surface area contributed by atoms with E-state index in [1.807, 2.05) is 29.8 Å². The van der Waals surface area contributed by atoms with Crippen LogP contribution in [0.25, 0.3) is 21.9 Å². The highest BCUT2D eigenvalue weighted by Gasteiger charge is 2.43. The van der Waals surface area contributed by atoms with Crippen LogP contribution in [0.2, 0.25) is 0 Å². The van der Waals surface area contributed by atoms with Crippen LogP contribution in [0.3, 0.4) is 0 Å². The lowest BCUT2D eigenvalue weighted by molar-refractivity contribution is -0.230. The van der Waals surface area contributed by atoms with Gasteiger partial charge in [0.2, 0.25) is 0 Å². The average Bonchev–Trinajstić information content (AvgIpc) is 3.38. The van der Waals surface area contributed by atoms with Crippen LogP contribution >= 0.6 is 0 Å². The van der Waals surface area contributed by atoms with Crippen molar-refractivity contribution in [2.45, 2.75) is 51.5 Å². The molecule has 37 heavy (non-hydrogen) atoms. The molecule has 4 aromatic rings. The molecule has 0 saturated heterocycles. The predicted octanol–water partition coefficient (Wildman–Crippen LogP) is 3.75. The average molecular weight is 508 g/mol. The van der Waals surface area contributed by atoms with Gasteiger partial charge in [-0.05, 0) is 51.0 Å². The summed E-state index contributed by atoms with van der Waals surface area (Å²) in [6, 6.07) is 6.41. The van der Waals surface area contributed by atoms with Crippen LogP contribution in [-0.4, -0.2) is 42.6 Å². The van der Waals surface area contributed by atoms with Gasteiger partial charge < -0.3 is 30.3 Å². The van der Waals surface area contributed by atoms with Crippen LogP contribution in [0.15, 0.2) is 48.4 Å². The monoisotopic (exact) mass is 507 g/mol.